The lowest BCUT2D eigenvalue weighted by atomic mass is 10.3. The second-order valence-corrected chi connectivity index (χ2v) is 8.16. The van der Waals surface area contributed by atoms with Crippen molar-refractivity contribution < 1.29 is 13.2 Å². The van der Waals surface area contributed by atoms with Crippen LogP contribution in [0.4, 0.5) is 5.69 Å². The molecule has 1 aromatic rings. The number of thioether (sulfide) groups is 1. The summed E-state index contributed by atoms with van der Waals surface area (Å²) in [6, 6.07) is 1.60. The van der Waals surface area contributed by atoms with E-state index in [4.69, 9.17) is 5.73 Å². The van der Waals surface area contributed by atoms with Gasteiger partial charge in [0.25, 0.3) is 5.91 Å². The van der Waals surface area contributed by atoms with Crippen LogP contribution in [0.2, 0.25) is 0 Å². The van der Waals surface area contributed by atoms with E-state index in [1.807, 2.05) is 6.92 Å². The average Bonchev–Trinajstić information content (AvgIpc) is 2.78. The molecule has 1 aliphatic heterocycles. The smallest absolute Gasteiger partial charge is 0.271 e. The molecular weight excluding hydrogens is 298 g/mol. The number of rotatable bonds is 3. The Morgan fingerprint density at radius 2 is 2.25 bits per heavy atom. The predicted octanol–water partition coefficient (Wildman–Crippen LogP) is 0.650. The summed E-state index contributed by atoms with van der Waals surface area (Å²) in [6.45, 7) is 2.97. The number of sulfone groups is 1. The number of hydrogen-bond acceptors (Lipinski definition) is 5. The second kappa shape index (κ2) is 5.69. The van der Waals surface area contributed by atoms with Crippen LogP contribution >= 0.6 is 11.8 Å². The minimum absolute atomic E-state index is 0.265. The van der Waals surface area contributed by atoms with Crippen LogP contribution in [0.1, 0.15) is 17.4 Å². The Morgan fingerprint density at radius 3 is 2.85 bits per heavy atom. The quantitative estimate of drug-likeness (QED) is 0.885. The van der Waals surface area contributed by atoms with E-state index >= 15 is 0 Å². The van der Waals surface area contributed by atoms with Gasteiger partial charge in [0.2, 0.25) is 0 Å². The lowest BCUT2D eigenvalue weighted by Crippen LogP contribution is -2.50. The molecule has 1 fully saturated rings. The number of nitrogen functional groups attached to an aromatic ring is 1. The SMILES string of the molecule is CCn1cc(N)cc1C(=O)N1CCSCC1S(C)(=O)=O. The molecule has 2 N–H and O–H groups in total. The van der Waals surface area contributed by atoms with Crippen LogP contribution in [-0.4, -0.2) is 53.5 Å². The van der Waals surface area contributed by atoms with Gasteiger partial charge in [-0.25, -0.2) is 8.42 Å². The highest BCUT2D eigenvalue weighted by molar-refractivity contribution is 8.00. The number of carbonyl (C=O) groups excluding carboxylic acids is 1. The molecule has 1 aromatic heterocycles. The van der Waals surface area contributed by atoms with E-state index in [1.165, 1.54) is 11.2 Å². The van der Waals surface area contributed by atoms with Gasteiger partial charge in [-0.15, -0.1) is 0 Å². The van der Waals surface area contributed by atoms with E-state index in [0.29, 0.717) is 30.2 Å². The van der Waals surface area contributed by atoms with Gasteiger partial charge in [-0.1, -0.05) is 0 Å². The number of amides is 1. The molecule has 0 saturated carbocycles. The zero-order chi connectivity index (χ0) is 14.9. The van der Waals surface area contributed by atoms with Crippen molar-refractivity contribution in [3.8, 4) is 0 Å². The minimum Gasteiger partial charge on any atom is -0.397 e. The standard InChI is InChI=1S/C12H19N3O3S2/c1-3-14-7-9(13)6-10(14)12(16)15-4-5-19-8-11(15)20(2,17)18/h6-7,11H,3-5,8,13H2,1-2H3. The molecule has 0 spiro atoms. The maximum atomic E-state index is 12.6. The summed E-state index contributed by atoms with van der Waals surface area (Å²) in [5, 5.41) is -0.754. The molecule has 1 amide bonds. The molecule has 2 rings (SSSR count). The van der Waals surface area contributed by atoms with Crippen LogP contribution in [0, 0.1) is 0 Å². The lowest BCUT2D eigenvalue weighted by molar-refractivity contribution is 0.0739. The molecule has 20 heavy (non-hydrogen) atoms. The molecule has 1 saturated heterocycles. The molecule has 2 heterocycles. The number of nitrogens with two attached hydrogens (primary N) is 1. The summed E-state index contributed by atoms with van der Waals surface area (Å²) < 4.78 is 25.5. The maximum Gasteiger partial charge on any atom is 0.271 e. The topological polar surface area (TPSA) is 85.4 Å². The van der Waals surface area contributed by atoms with Crippen LogP contribution < -0.4 is 5.73 Å². The van der Waals surface area contributed by atoms with Crippen LogP contribution in [0.3, 0.4) is 0 Å². The molecule has 0 aromatic carbocycles. The number of aromatic nitrogens is 1. The normalized spacial score (nSPS) is 20.1. The van der Waals surface area contributed by atoms with Crippen LogP contribution in [0.25, 0.3) is 0 Å². The third-order valence-corrected chi connectivity index (χ3v) is 5.96. The monoisotopic (exact) mass is 317 g/mol. The fourth-order valence-electron chi connectivity index (χ4n) is 2.29. The first-order chi connectivity index (χ1) is 9.34. The van der Waals surface area contributed by atoms with Gasteiger partial charge in [0, 0.05) is 37.0 Å². The van der Waals surface area contributed by atoms with Gasteiger partial charge in [-0.3, -0.25) is 4.79 Å². The number of carbonyl (C=O) groups is 1. The van der Waals surface area contributed by atoms with Crippen molar-refractivity contribution in [3.05, 3.63) is 18.0 Å². The molecular formula is C12H19N3O3S2. The maximum absolute atomic E-state index is 12.6. The Kier molecular flexibility index (Phi) is 4.33. The Morgan fingerprint density at radius 1 is 1.55 bits per heavy atom. The van der Waals surface area contributed by atoms with E-state index in [0.717, 1.165) is 5.75 Å². The molecule has 0 radical (unpaired) electrons. The van der Waals surface area contributed by atoms with Crippen molar-refractivity contribution in [2.75, 3.05) is 30.0 Å². The molecule has 6 nitrogen and oxygen atoms in total. The van der Waals surface area contributed by atoms with E-state index in [2.05, 4.69) is 0 Å². The van der Waals surface area contributed by atoms with Crippen molar-refractivity contribution >= 4 is 33.2 Å². The third-order valence-electron chi connectivity index (χ3n) is 3.32. The number of aryl methyl sites for hydroxylation is 1. The average molecular weight is 317 g/mol. The van der Waals surface area contributed by atoms with Crippen molar-refractivity contribution in [2.24, 2.45) is 0 Å². The van der Waals surface area contributed by atoms with Crippen LogP contribution in [-0.2, 0) is 16.4 Å². The molecule has 0 bridgehead atoms. The van der Waals surface area contributed by atoms with E-state index in [9.17, 15) is 13.2 Å². The minimum atomic E-state index is -3.30. The van der Waals surface area contributed by atoms with Gasteiger partial charge in [0.1, 0.15) is 11.1 Å². The fraction of sp³-hybridized carbons (Fsp3) is 0.583. The van der Waals surface area contributed by atoms with Crippen LogP contribution in [0.5, 0.6) is 0 Å². The second-order valence-electron chi connectivity index (χ2n) is 4.80. The molecule has 112 valence electrons. The van der Waals surface area contributed by atoms with Gasteiger partial charge in [-0.2, -0.15) is 11.8 Å². The highest BCUT2D eigenvalue weighted by Gasteiger charge is 2.35. The zero-order valence-corrected chi connectivity index (χ0v) is 13.2. The number of hydrogen-bond donors (Lipinski definition) is 1. The Balaban J connectivity index is 2.35. The summed E-state index contributed by atoms with van der Waals surface area (Å²) >= 11 is 1.56. The first-order valence-electron chi connectivity index (χ1n) is 6.37. The number of anilines is 1. The summed E-state index contributed by atoms with van der Waals surface area (Å²) in [5.41, 5.74) is 6.69. The Labute approximate surface area is 123 Å². The molecule has 1 aliphatic rings. The summed E-state index contributed by atoms with van der Waals surface area (Å²) in [5.74, 6) is 0.909. The predicted molar refractivity (Wildman–Crippen MR) is 81.5 cm³/mol. The van der Waals surface area contributed by atoms with Crippen molar-refractivity contribution in [2.45, 2.75) is 18.8 Å². The first-order valence-corrected chi connectivity index (χ1v) is 9.48. The summed E-state index contributed by atoms with van der Waals surface area (Å²) in [4.78, 5) is 14.1. The van der Waals surface area contributed by atoms with E-state index in [1.54, 1.807) is 28.6 Å². The lowest BCUT2D eigenvalue weighted by Gasteiger charge is -2.34. The Bertz CT molecular complexity index is 609. The largest absolute Gasteiger partial charge is 0.397 e. The Hall–Kier alpha value is -1.15. The van der Waals surface area contributed by atoms with Crippen molar-refractivity contribution in [3.63, 3.8) is 0 Å². The molecule has 8 heteroatoms. The van der Waals surface area contributed by atoms with Gasteiger partial charge < -0.3 is 15.2 Å². The molecule has 1 unspecified atom stereocenters. The number of nitrogens with zero attached hydrogens (tertiary/aromatic N) is 2. The summed E-state index contributed by atoms with van der Waals surface area (Å²) in [7, 11) is -3.30. The van der Waals surface area contributed by atoms with Crippen LogP contribution in [0.15, 0.2) is 12.3 Å². The fourth-order valence-corrected chi connectivity index (χ4v) is 5.10. The highest BCUT2D eigenvalue weighted by Crippen LogP contribution is 2.23. The van der Waals surface area contributed by atoms with E-state index in [-0.39, 0.29) is 5.91 Å². The third kappa shape index (κ3) is 2.95. The van der Waals surface area contributed by atoms with Gasteiger partial charge in [0.05, 0.1) is 5.69 Å². The van der Waals surface area contributed by atoms with Crippen molar-refractivity contribution in [1.82, 2.24) is 9.47 Å². The van der Waals surface area contributed by atoms with Crippen molar-refractivity contribution in [1.29, 1.82) is 0 Å². The molecule has 1 atom stereocenters. The van der Waals surface area contributed by atoms with Gasteiger partial charge in [0.15, 0.2) is 9.84 Å². The molecule has 0 aliphatic carbocycles. The first kappa shape index (κ1) is 15.2. The highest BCUT2D eigenvalue weighted by atomic mass is 32.2. The zero-order valence-electron chi connectivity index (χ0n) is 11.6. The van der Waals surface area contributed by atoms with Gasteiger partial charge in [-0.05, 0) is 13.0 Å². The summed E-state index contributed by atoms with van der Waals surface area (Å²) in [6.07, 6.45) is 2.87. The van der Waals surface area contributed by atoms with Gasteiger partial charge >= 0.3 is 0 Å². The van der Waals surface area contributed by atoms with E-state index < -0.39 is 15.2 Å².